The molecule has 1 fully saturated rings. The number of piperazine rings is 1. The van der Waals surface area contributed by atoms with Crippen molar-refractivity contribution in [3.8, 4) is 0 Å². The maximum atomic E-state index is 13.6. The summed E-state index contributed by atoms with van der Waals surface area (Å²) in [5.41, 5.74) is 1.26. The van der Waals surface area contributed by atoms with Crippen LogP contribution in [0, 0.1) is 17.5 Å². The van der Waals surface area contributed by atoms with E-state index in [1.807, 2.05) is 11.1 Å². The largest absolute Gasteiger partial charge is 0.341 e. The van der Waals surface area contributed by atoms with E-state index in [9.17, 15) is 18.0 Å². The molecule has 0 saturated carbocycles. The Balaban J connectivity index is 1.60. The van der Waals surface area contributed by atoms with Crippen LogP contribution in [0.2, 0.25) is 0 Å². The molecule has 0 radical (unpaired) electrons. The van der Waals surface area contributed by atoms with Crippen molar-refractivity contribution in [3.05, 3.63) is 71.9 Å². The van der Waals surface area contributed by atoms with Gasteiger partial charge < -0.3 is 19.9 Å². The van der Waals surface area contributed by atoms with Gasteiger partial charge in [-0.05, 0) is 36.4 Å². The van der Waals surface area contributed by atoms with E-state index in [2.05, 4.69) is 15.1 Å². The first-order valence-electron chi connectivity index (χ1n) is 9.45. The Hall–Kier alpha value is -3.00. The normalized spacial score (nSPS) is 19.1. The van der Waals surface area contributed by atoms with Gasteiger partial charge in [-0.2, -0.15) is 0 Å². The number of rotatable bonds is 6. The molecule has 5 nitrogen and oxygen atoms in total. The van der Waals surface area contributed by atoms with Crippen molar-refractivity contribution in [1.82, 2.24) is 9.80 Å². The van der Waals surface area contributed by atoms with Crippen LogP contribution in [0.1, 0.15) is 6.42 Å². The summed E-state index contributed by atoms with van der Waals surface area (Å²) >= 11 is 0. The summed E-state index contributed by atoms with van der Waals surface area (Å²) in [6.07, 6.45) is 3.21. The molecule has 0 aliphatic carbocycles. The van der Waals surface area contributed by atoms with Crippen LogP contribution >= 0.6 is 0 Å². The molecule has 1 atom stereocenters. The molecule has 2 aromatic carbocycles. The molecule has 1 saturated heterocycles. The number of halogens is 3. The van der Waals surface area contributed by atoms with E-state index >= 15 is 0 Å². The fraction of sp³-hybridized carbons (Fsp3) is 0.286. The number of fused-ring (bicyclic) bond motifs is 1. The molecule has 4 rings (SSSR count). The molecular formula is C21H21F3N4O. The molecule has 2 aliphatic heterocycles. The molecule has 1 N–H and O–H groups in total. The number of anilines is 2. The van der Waals surface area contributed by atoms with Gasteiger partial charge in [0, 0.05) is 56.2 Å². The molecule has 8 heteroatoms. The van der Waals surface area contributed by atoms with E-state index in [4.69, 9.17) is 0 Å². The van der Waals surface area contributed by atoms with Gasteiger partial charge in [-0.25, -0.2) is 13.2 Å². The first kappa shape index (κ1) is 19.3. The molecule has 1 unspecified atom stereocenters. The van der Waals surface area contributed by atoms with Gasteiger partial charge in [0.15, 0.2) is 11.6 Å². The number of carbonyl (C=O) groups excluding carboxylic acids is 1. The minimum absolute atomic E-state index is 0.0614. The number of nitrogens with zero attached hydrogens (tertiary/aromatic N) is 3. The second kappa shape index (κ2) is 8.16. The first-order valence-corrected chi connectivity index (χ1v) is 9.45. The van der Waals surface area contributed by atoms with Crippen LogP contribution < -0.4 is 10.2 Å². The lowest BCUT2D eigenvalue weighted by Gasteiger charge is -2.42. The maximum Gasteiger partial charge on any atom is 0.160 e. The summed E-state index contributed by atoms with van der Waals surface area (Å²) in [6.45, 7) is 2.84. The fourth-order valence-electron chi connectivity index (χ4n) is 3.75. The highest BCUT2D eigenvalue weighted by atomic mass is 19.2. The molecule has 2 aliphatic rings. The predicted octanol–water partition coefficient (Wildman–Crippen LogP) is 3.37. The number of benzene rings is 2. The van der Waals surface area contributed by atoms with Gasteiger partial charge in [-0.15, -0.1) is 0 Å². The summed E-state index contributed by atoms with van der Waals surface area (Å²) in [5.74, 6) is -1.38. The monoisotopic (exact) mass is 402 g/mol. The van der Waals surface area contributed by atoms with Gasteiger partial charge in [-0.3, -0.25) is 4.90 Å². The van der Waals surface area contributed by atoms with Crippen molar-refractivity contribution >= 4 is 17.7 Å². The van der Waals surface area contributed by atoms with Crippen LogP contribution in [0.4, 0.5) is 24.5 Å². The van der Waals surface area contributed by atoms with Crippen molar-refractivity contribution in [1.29, 1.82) is 0 Å². The second-order valence-electron chi connectivity index (χ2n) is 7.08. The van der Waals surface area contributed by atoms with Crippen LogP contribution in [-0.4, -0.2) is 48.4 Å². The lowest BCUT2D eigenvalue weighted by atomic mass is 10.2. The average molecular weight is 402 g/mol. The zero-order valence-electron chi connectivity index (χ0n) is 15.7. The number of carbonyl (C=O) groups is 1. The van der Waals surface area contributed by atoms with Crippen LogP contribution in [0.15, 0.2) is 54.5 Å². The third kappa shape index (κ3) is 4.07. The molecule has 2 heterocycles. The van der Waals surface area contributed by atoms with E-state index in [1.54, 1.807) is 12.1 Å². The quantitative estimate of drug-likeness (QED) is 0.751. The van der Waals surface area contributed by atoms with Crippen molar-refractivity contribution in [2.45, 2.75) is 12.6 Å². The topological polar surface area (TPSA) is 38.8 Å². The Morgan fingerprint density at radius 2 is 1.83 bits per heavy atom. The first-order chi connectivity index (χ1) is 14.0. The van der Waals surface area contributed by atoms with Crippen molar-refractivity contribution in [2.75, 3.05) is 36.4 Å². The lowest BCUT2D eigenvalue weighted by Crippen LogP contribution is -2.56. The minimum atomic E-state index is -0.917. The molecule has 2 aromatic rings. The Bertz CT molecular complexity index is 919. The van der Waals surface area contributed by atoms with Gasteiger partial charge in [0.25, 0.3) is 0 Å². The van der Waals surface area contributed by atoms with Crippen molar-refractivity contribution < 1.29 is 18.0 Å². The highest BCUT2D eigenvalue weighted by Gasteiger charge is 2.37. The van der Waals surface area contributed by atoms with Gasteiger partial charge in [0.1, 0.15) is 24.1 Å². The number of aldehydes is 1. The Labute approximate surface area is 167 Å². The fourth-order valence-corrected chi connectivity index (χ4v) is 3.75. The molecule has 0 amide bonds. The van der Waals surface area contributed by atoms with E-state index in [-0.39, 0.29) is 12.0 Å². The molecule has 0 spiro atoms. The van der Waals surface area contributed by atoms with Crippen LogP contribution in [0.3, 0.4) is 0 Å². The van der Waals surface area contributed by atoms with Crippen LogP contribution in [0.5, 0.6) is 0 Å². The standard InChI is InChI=1S/C21H21F3N4O/c22-15-2-5-17(6-3-15)28-13-20(25-16-4-7-18(23)19(24)12-16)27-10-9-26(8-1-11-29)14-21(27)28/h2-7,11-13,21,25H,1,8-10,14H2. The SMILES string of the molecule is O=CCCN1CCN2C(Nc3ccc(F)c(F)c3)=CN(c3ccc(F)cc3)C2C1. The molecule has 29 heavy (non-hydrogen) atoms. The van der Waals surface area contributed by atoms with Gasteiger partial charge >= 0.3 is 0 Å². The Kier molecular flexibility index (Phi) is 5.44. The zero-order valence-corrected chi connectivity index (χ0v) is 15.7. The lowest BCUT2D eigenvalue weighted by molar-refractivity contribution is -0.108. The van der Waals surface area contributed by atoms with Crippen molar-refractivity contribution in [3.63, 3.8) is 0 Å². The van der Waals surface area contributed by atoms with E-state index in [0.717, 1.165) is 36.5 Å². The Morgan fingerprint density at radius 1 is 1.03 bits per heavy atom. The van der Waals surface area contributed by atoms with Crippen LogP contribution in [-0.2, 0) is 4.79 Å². The highest BCUT2D eigenvalue weighted by Crippen LogP contribution is 2.32. The summed E-state index contributed by atoms with van der Waals surface area (Å²) < 4.78 is 40.2. The molecular weight excluding hydrogens is 381 g/mol. The van der Waals surface area contributed by atoms with Gasteiger partial charge in [-0.1, -0.05) is 0 Å². The van der Waals surface area contributed by atoms with E-state index in [0.29, 0.717) is 31.7 Å². The summed E-state index contributed by atoms with van der Waals surface area (Å²) in [7, 11) is 0. The molecule has 0 bridgehead atoms. The minimum Gasteiger partial charge on any atom is -0.341 e. The third-order valence-electron chi connectivity index (χ3n) is 5.21. The molecule has 0 aromatic heterocycles. The van der Waals surface area contributed by atoms with Crippen molar-refractivity contribution in [2.24, 2.45) is 0 Å². The van der Waals surface area contributed by atoms with Gasteiger partial charge in [0.05, 0.1) is 0 Å². The van der Waals surface area contributed by atoms with Gasteiger partial charge in [0.2, 0.25) is 0 Å². The summed E-state index contributed by atoms with van der Waals surface area (Å²) in [5, 5.41) is 3.17. The third-order valence-corrected chi connectivity index (χ3v) is 5.21. The zero-order chi connectivity index (χ0) is 20.4. The smallest absolute Gasteiger partial charge is 0.160 e. The average Bonchev–Trinajstić information content (AvgIpc) is 3.07. The van der Waals surface area contributed by atoms with E-state index < -0.39 is 11.6 Å². The number of hydrogen-bond acceptors (Lipinski definition) is 5. The predicted molar refractivity (Wildman–Crippen MR) is 105 cm³/mol. The molecule has 152 valence electrons. The highest BCUT2D eigenvalue weighted by molar-refractivity contribution is 5.57. The maximum absolute atomic E-state index is 13.6. The van der Waals surface area contributed by atoms with Crippen LogP contribution in [0.25, 0.3) is 0 Å². The number of hydrogen-bond donors (Lipinski definition) is 1. The number of nitrogens with one attached hydrogen (secondary N) is 1. The summed E-state index contributed by atoms with van der Waals surface area (Å²) in [6, 6.07) is 9.90. The second-order valence-corrected chi connectivity index (χ2v) is 7.08. The Morgan fingerprint density at radius 3 is 2.55 bits per heavy atom. The summed E-state index contributed by atoms with van der Waals surface area (Å²) in [4.78, 5) is 17.1. The van der Waals surface area contributed by atoms with E-state index in [1.165, 1.54) is 18.2 Å².